The molecule has 33 heavy (non-hydrogen) atoms. The Hall–Kier alpha value is -3.90. The average molecular weight is 501 g/mol. The monoisotopic (exact) mass is 500 g/mol. The highest BCUT2D eigenvalue weighted by Crippen LogP contribution is 2.22. The summed E-state index contributed by atoms with van der Waals surface area (Å²) >= 11 is 3.45. The molecule has 0 aromatic heterocycles. The maximum absolute atomic E-state index is 12.7. The van der Waals surface area contributed by atoms with Crippen LogP contribution >= 0.6 is 15.9 Å². The maximum Gasteiger partial charge on any atom is 0.275 e. The largest absolute Gasteiger partial charge is 0.488 e. The second kappa shape index (κ2) is 11.1. The fraction of sp³-hybridized carbons (Fsp3) is 0.0370. The molecule has 0 aliphatic rings. The van der Waals surface area contributed by atoms with Crippen molar-refractivity contribution < 1.29 is 14.3 Å². The smallest absolute Gasteiger partial charge is 0.275 e. The van der Waals surface area contributed by atoms with Crippen molar-refractivity contribution in [3.63, 3.8) is 0 Å². The summed E-state index contributed by atoms with van der Waals surface area (Å²) in [5, 5.41) is 4.10. The van der Waals surface area contributed by atoms with Gasteiger partial charge in [0, 0.05) is 4.47 Å². The predicted octanol–water partition coefficient (Wildman–Crippen LogP) is 6.58. The molecule has 6 heteroatoms. The van der Waals surface area contributed by atoms with Gasteiger partial charge in [-0.25, -0.2) is 5.43 Å². The molecular formula is C27H21BrN2O3. The zero-order valence-corrected chi connectivity index (χ0v) is 19.2. The van der Waals surface area contributed by atoms with Crippen molar-refractivity contribution in [2.45, 2.75) is 6.61 Å². The van der Waals surface area contributed by atoms with Crippen LogP contribution in [-0.4, -0.2) is 12.1 Å². The van der Waals surface area contributed by atoms with Crippen molar-refractivity contribution in [3.05, 3.63) is 124 Å². The number of rotatable bonds is 8. The molecule has 0 heterocycles. The van der Waals surface area contributed by atoms with E-state index in [4.69, 9.17) is 9.47 Å². The molecule has 5 nitrogen and oxygen atoms in total. The number of amides is 1. The Morgan fingerprint density at radius 2 is 1.61 bits per heavy atom. The van der Waals surface area contributed by atoms with E-state index in [1.165, 1.54) is 0 Å². The van der Waals surface area contributed by atoms with Crippen LogP contribution in [0, 0.1) is 0 Å². The first kappa shape index (κ1) is 22.3. The van der Waals surface area contributed by atoms with E-state index < -0.39 is 0 Å². The fourth-order valence-corrected chi connectivity index (χ4v) is 3.52. The topological polar surface area (TPSA) is 59.9 Å². The second-order valence-electron chi connectivity index (χ2n) is 7.10. The Bertz CT molecular complexity index is 1260. The molecule has 0 radical (unpaired) electrons. The number of halogens is 1. The molecule has 0 saturated carbocycles. The van der Waals surface area contributed by atoms with Gasteiger partial charge in [0.05, 0.1) is 11.8 Å². The van der Waals surface area contributed by atoms with Gasteiger partial charge in [0.25, 0.3) is 5.91 Å². The predicted molar refractivity (Wildman–Crippen MR) is 133 cm³/mol. The molecule has 4 aromatic carbocycles. The normalized spacial score (nSPS) is 10.7. The number of hydrazone groups is 1. The summed E-state index contributed by atoms with van der Waals surface area (Å²) in [5.74, 6) is 1.57. The number of benzene rings is 4. The quantitative estimate of drug-likeness (QED) is 0.219. The highest BCUT2D eigenvalue weighted by molar-refractivity contribution is 9.10. The van der Waals surface area contributed by atoms with Gasteiger partial charge in [-0.2, -0.15) is 5.10 Å². The minimum atomic E-state index is -0.354. The van der Waals surface area contributed by atoms with Crippen molar-refractivity contribution in [3.8, 4) is 17.2 Å². The van der Waals surface area contributed by atoms with Crippen molar-refractivity contribution in [2.24, 2.45) is 5.10 Å². The summed E-state index contributed by atoms with van der Waals surface area (Å²) < 4.78 is 12.7. The van der Waals surface area contributed by atoms with Crippen LogP contribution in [0.3, 0.4) is 0 Å². The van der Waals surface area contributed by atoms with Gasteiger partial charge >= 0.3 is 0 Å². The van der Waals surface area contributed by atoms with Crippen LogP contribution in [0.4, 0.5) is 0 Å². The van der Waals surface area contributed by atoms with Crippen LogP contribution in [-0.2, 0) is 6.61 Å². The van der Waals surface area contributed by atoms with Crippen LogP contribution in [0.25, 0.3) is 0 Å². The van der Waals surface area contributed by atoms with Gasteiger partial charge in [0.15, 0.2) is 0 Å². The molecule has 0 aliphatic carbocycles. The summed E-state index contributed by atoms with van der Waals surface area (Å²) in [6.07, 6.45) is 1.57. The lowest BCUT2D eigenvalue weighted by atomic mass is 10.2. The van der Waals surface area contributed by atoms with Crippen LogP contribution in [0.1, 0.15) is 21.5 Å². The van der Waals surface area contributed by atoms with Gasteiger partial charge in [-0.1, -0.05) is 70.5 Å². The summed E-state index contributed by atoms with van der Waals surface area (Å²) in [6.45, 7) is 0.348. The SMILES string of the molecule is O=C(N/N=C/c1cccc(Oc2ccccc2)c1)c1ccccc1OCc1cccc(Br)c1. The summed E-state index contributed by atoms with van der Waals surface area (Å²) in [6, 6.07) is 31.9. The summed E-state index contributed by atoms with van der Waals surface area (Å²) in [7, 11) is 0. The second-order valence-corrected chi connectivity index (χ2v) is 8.02. The third-order valence-corrected chi connectivity index (χ3v) is 5.13. The lowest BCUT2D eigenvalue weighted by Gasteiger charge is -2.10. The van der Waals surface area contributed by atoms with Gasteiger partial charge < -0.3 is 9.47 Å². The first-order valence-electron chi connectivity index (χ1n) is 10.3. The Balaban J connectivity index is 1.38. The summed E-state index contributed by atoms with van der Waals surface area (Å²) in [4.78, 5) is 12.7. The molecule has 1 amide bonds. The molecule has 0 saturated heterocycles. The third kappa shape index (κ3) is 6.54. The Morgan fingerprint density at radius 3 is 2.45 bits per heavy atom. The van der Waals surface area contributed by atoms with E-state index in [2.05, 4.69) is 26.5 Å². The maximum atomic E-state index is 12.7. The van der Waals surface area contributed by atoms with E-state index in [-0.39, 0.29) is 5.91 Å². The molecule has 0 aliphatic heterocycles. The van der Waals surface area contributed by atoms with Crippen LogP contribution in [0.5, 0.6) is 17.2 Å². The third-order valence-electron chi connectivity index (χ3n) is 4.63. The van der Waals surface area contributed by atoms with Crippen molar-refractivity contribution in [1.82, 2.24) is 5.43 Å². The molecule has 0 spiro atoms. The first-order chi connectivity index (χ1) is 16.2. The standard InChI is InChI=1S/C27H21BrN2O3/c28-22-10-6-9-21(16-22)19-32-26-15-5-4-14-25(26)27(31)30-29-18-20-8-7-13-24(17-20)33-23-11-2-1-3-12-23/h1-18H,19H2,(H,30,31)/b29-18+. The zero-order chi connectivity index (χ0) is 22.9. The Kier molecular flexibility index (Phi) is 7.51. The average Bonchev–Trinajstić information content (AvgIpc) is 2.84. The number of carbonyl (C=O) groups is 1. The van der Waals surface area contributed by atoms with E-state index in [0.29, 0.717) is 23.7 Å². The minimum absolute atomic E-state index is 0.348. The van der Waals surface area contributed by atoms with Crippen molar-refractivity contribution >= 4 is 28.1 Å². The molecule has 1 N–H and O–H groups in total. The number of hydrogen-bond acceptors (Lipinski definition) is 4. The molecule has 0 atom stereocenters. The Labute approximate surface area is 200 Å². The van der Waals surface area contributed by atoms with Gasteiger partial charge in [-0.3, -0.25) is 4.79 Å². The van der Waals surface area contributed by atoms with E-state index in [9.17, 15) is 4.79 Å². The van der Waals surface area contributed by atoms with E-state index in [1.807, 2.05) is 84.9 Å². The lowest BCUT2D eigenvalue weighted by molar-refractivity contribution is 0.0950. The van der Waals surface area contributed by atoms with Gasteiger partial charge in [-0.05, 0) is 59.7 Å². The number of nitrogens with one attached hydrogen (secondary N) is 1. The number of carbonyl (C=O) groups excluding carboxylic acids is 1. The van der Waals surface area contributed by atoms with Crippen LogP contribution in [0.2, 0.25) is 0 Å². The van der Waals surface area contributed by atoms with Crippen molar-refractivity contribution in [2.75, 3.05) is 0 Å². The van der Waals surface area contributed by atoms with Gasteiger partial charge in [0.2, 0.25) is 0 Å². The fourth-order valence-electron chi connectivity index (χ4n) is 3.08. The van der Waals surface area contributed by atoms with E-state index >= 15 is 0 Å². The number of para-hydroxylation sites is 2. The molecule has 0 fully saturated rings. The van der Waals surface area contributed by atoms with Crippen LogP contribution < -0.4 is 14.9 Å². The number of hydrogen-bond donors (Lipinski definition) is 1. The highest BCUT2D eigenvalue weighted by Gasteiger charge is 2.11. The van der Waals surface area contributed by atoms with Gasteiger partial charge in [-0.15, -0.1) is 0 Å². The summed E-state index contributed by atoms with van der Waals surface area (Å²) in [5.41, 5.74) is 4.76. The lowest BCUT2D eigenvalue weighted by Crippen LogP contribution is -2.18. The molecule has 4 rings (SSSR count). The molecule has 0 bridgehead atoms. The minimum Gasteiger partial charge on any atom is -0.488 e. The zero-order valence-electron chi connectivity index (χ0n) is 17.6. The Morgan fingerprint density at radius 1 is 0.848 bits per heavy atom. The van der Waals surface area contributed by atoms with Gasteiger partial charge in [0.1, 0.15) is 23.9 Å². The molecular weight excluding hydrogens is 480 g/mol. The molecule has 4 aromatic rings. The van der Waals surface area contributed by atoms with Crippen LogP contribution in [0.15, 0.2) is 113 Å². The van der Waals surface area contributed by atoms with Crippen molar-refractivity contribution in [1.29, 1.82) is 0 Å². The first-order valence-corrected chi connectivity index (χ1v) is 11.1. The highest BCUT2D eigenvalue weighted by atomic mass is 79.9. The molecule has 164 valence electrons. The number of ether oxygens (including phenoxy) is 2. The van der Waals surface area contributed by atoms with E-state index in [0.717, 1.165) is 21.3 Å². The molecule has 0 unspecified atom stereocenters. The van der Waals surface area contributed by atoms with E-state index in [1.54, 1.807) is 24.4 Å². The number of nitrogens with zero attached hydrogens (tertiary/aromatic N) is 1.